The first kappa shape index (κ1) is 20.5. The Morgan fingerprint density at radius 1 is 1.00 bits per heavy atom. The topological polar surface area (TPSA) is 52.3 Å². The fourth-order valence-corrected chi connectivity index (χ4v) is 2.84. The van der Waals surface area contributed by atoms with Crippen LogP contribution in [-0.2, 0) is 12.4 Å². The van der Waals surface area contributed by atoms with E-state index in [1.165, 1.54) is 0 Å². The summed E-state index contributed by atoms with van der Waals surface area (Å²) in [5.41, 5.74) is -3.30. The van der Waals surface area contributed by atoms with E-state index in [4.69, 9.17) is 16.3 Å². The molecule has 0 radical (unpaired) electrons. The lowest BCUT2D eigenvalue weighted by atomic mass is 10.3. The summed E-state index contributed by atoms with van der Waals surface area (Å²) in [5, 5.41) is 3.98. The van der Waals surface area contributed by atoms with E-state index >= 15 is 0 Å². The third-order valence-electron chi connectivity index (χ3n) is 3.27. The molecule has 0 aliphatic rings. The van der Waals surface area contributed by atoms with E-state index in [-0.39, 0.29) is 28.1 Å². The minimum Gasteiger partial charge on any atom is -0.493 e. The van der Waals surface area contributed by atoms with Gasteiger partial charge in [0.2, 0.25) is 5.16 Å². The molecular weight excluding hydrogens is 434 g/mol. The van der Waals surface area contributed by atoms with E-state index in [0.717, 1.165) is 11.8 Å². The summed E-state index contributed by atoms with van der Waals surface area (Å²) in [5.74, 6) is -0.0143. The zero-order valence-electron chi connectivity index (χ0n) is 13.6. The Morgan fingerprint density at radius 3 is 2.29 bits per heavy atom. The zero-order valence-corrected chi connectivity index (χ0v) is 15.1. The maximum absolute atomic E-state index is 13.1. The van der Waals surface area contributed by atoms with Gasteiger partial charge in [0.05, 0.1) is 6.61 Å². The molecule has 13 heteroatoms. The summed E-state index contributed by atoms with van der Waals surface area (Å²) in [6, 6.07) is 6.41. The average molecular weight is 443 g/mol. The van der Waals surface area contributed by atoms with Crippen LogP contribution in [0.2, 0.25) is 5.02 Å². The monoisotopic (exact) mass is 442 g/mol. The second kappa shape index (κ2) is 7.66. The van der Waals surface area contributed by atoms with Crippen LogP contribution in [0.25, 0.3) is 5.78 Å². The normalized spacial score (nSPS) is 12.5. The predicted molar refractivity (Wildman–Crippen MR) is 88.5 cm³/mol. The number of benzene rings is 1. The van der Waals surface area contributed by atoms with Crippen LogP contribution < -0.4 is 4.74 Å². The highest BCUT2D eigenvalue weighted by Crippen LogP contribution is 2.34. The minimum atomic E-state index is -5.06. The summed E-state index contributed by atoms with van der Waals surface area (Å²) < 4.78 is 83.4. The highest BCUT2D eigenvalue weighted by Gasteiger charge is 2.40. The van der Waals surface area contributed by atoms with E-state index < -0.39 is 29.5 Å². The molecule has 0 N–H and O–H groups in total. The first-order valence-electron chi connectivity index (χ1n) is 7.47. The van der Waals surface area contributed by atoms with Gasteiger partial charge in [-0.25, -0.2) is 4.98 Å². The molecule has 0 bridgehead atoms. The van der Waals surface area contributed by atoms with Crippen LogP contribution in [0.3, 0.4) is 0 Å². The van der Waals surface area contributed by atoms with E-state index in [0.29, 0.717) is 10.8 Å². The Balaban J connectivity index is 1.76. The van der Waals surface area contributed by atoms with Crippen LogP contribution in [0.1, 0.15) is 11.4 Å². The smallest absolute Gasteiger partial charge is 0.433 e. The summed E-state index contributed by atoms with van der Waals surface area (Å²) >= 11 is 6.66. The van der Waals surface area contributed by atoms with Gasteiger partial charge in [-0.15, -0.1) is 5.10 Å². The molecule has 0 spiro atoms. The lowest BCUT2D eigenvalue weighted by Crippen LogP contribution is -2.18. The molecule has 0 fully saturated rings. The predicted octanol–water partition coefficient (Wildman–Crippen LogP) is 4.99. The van der Waals surface area contributed by atoms with Crippen molar-refractivity contribution in [1.29, 1.82) is 0 Å². The zero-order chi connectivity index (χ0) is 20.5. The third-order valence-corrected chi connectivity index (χ3v) is 4.32. The Hall–Kier alpha value is -2.21. The molecule has 0 unspecified atom stereocenters. The number of thioether (sulfide) groups is 1. The third kappa shape index (κ3) is 4.79. The van der Waals surface area contributed by atoms with Gasteiger partial charge in [0.1, 0.15) is 5.75 Å². The number of alkyl halides is 6. The standard InChI is InChI=1S/C15H9ClF6N4OS/c16-8-1-3-9(4-2-8)27-5-6-28-13-24-12-23-10(14(17,18)19)7-11(15(20,21)22)26(12)25-13/h1-4,7H,5-6H2. The highest BCUT2D eigenvalue weighted by molar-refractivity contribution is 7.99. The number of hydrogen-bond donors (Lipinski definition) is 0. The minimum absolute atomic E-state index is 0.0974. The highest BCUT2D eigenvalue weighted by atomic mass is 35.5. The van der Waals surface area contributed by atoms with Gasteiger partial charge in [-0.3, -0.25) is 0 Å². The molecule has 2 aromatic heterocycles. The van der Waals surface area contributed by atoms with E-state index in [1.54, 1.807) is 24.3 Å². The molecule has 0 saturated heterocycles. The quantitative estimate of drug-likeness (QED) is 0.317. The van der Waals surface area contributed by atoms with Crippen LogP contribution in [0.15, 0.2) is 35.5 Å². The molecule has 150 valence electrons. The second-order valence-electron chi connectivity index (χ2n) is 5.28. The molecular formula is C15H9ClF6N4OS. The summed E-state index contributed by atoms with van der Waals surface area (Å²) in [4.78, 5) is 6.78. The second-order valence-corrected chi connectivity index (χ2v) is 6.78. The first-order valence-corrected chi connectivity index (χ1v) is 8.84. The number of rotatable bonds is 5. The largest absolute Gasteiger partial charge is 0.493 e. The molecule has 0 atom stereocenters. The molecule has 2 heterocycles. The fourth-order valence-electron chi connectivity index (χ4n) is 2.08. The van der Waals surface area contributed by atoms with Crippen molar-refractivity contribution in [2.24, 2.45) is 0 Å². The maximum atomic E-state index is 13.1. The lowest BCUT2D eigenvalue weighted by Gasteiger charge is -2.11. The van der Waals surface area contributed by atoms with Crippen molar-refractivity contribution >= 4 is 29.1 Å². The van der Waals surface area contributed by atoms with Crippen LogP contribution in [0.5, 0.6) is 5.75 Å². The van der Waals surface area contributed by atoms with Crippen molar-refractivity contribution in [3.8, 4) is 5.75 Å². The van der Waals surface area contributed by atoms with Gasteiger partial charge < -0.3 is 4.74 Å². The molecule has 5 nitrogen and oxygen atoms in total. The summed E-state index contributed by atoms with van der Waals surface area (Å²) in [6.45, 7) is 0.162. The van der Waals surface area contributed by atoms with E-state index in [1.807, 2.05) is 0 Å². The molecule has 3 rings (SSSR count). The lowest BCUT2D eigenvalue weighted by molar-refractivity contribution is -0.148. The van der Waals surface area contributed by atoms with E-state index in [9.17, 15) is 26.3 Å². The van der Waals surface area contributed by atoms with Crippen LogP contribution in [0.4, 0.5) is 26.3 Å². The summed E-state index contributed by atoms with van der Waals surface area (Å²) in [7, 11) is 0. The van der Waals surface area contributed by atoms with E-state index in [2.05, 4.69) is 15.1 Å². The molecule has 0 amide bonds. The van der Waals surface area contributed by atoms with Crippen molar-refractivity contribution in [3.05, 3.63) is 46.7 Å². The van der Waals surface area contributed by atoms with Gasteiger partial charge in [-0.2, -0.15) is 35.8 Å². The van der Waals surface area contributed by atoms with Crippen LogP contribution in [0, 0.1) is 0 Å². The molecule has 1 aromatic carbocycles. The fraction of sp³-hybridized carbons (Fsp3) is 0.267. The van der Waals surface area contributed by atoms with Crippen LogP contribution >= 0.6 is 23.4 Å². The van der Waals surface area contributed by atoms with Gasteiger partial charge in [-0.1, -0.05) is 23.4 Å². The van der Waals surface area contributed by atoms with Crippen molar-refractivity contribution in [3.63, 3.8) is 0 Å². The van der Waals surface area contributed by atoms with Crippen molar-refractivity contribution in [1.82, 2.24) is 19.6 Å². The first-order chi connectivity index (χ1) is 13.0. The van der Waals surface area contributed by atoms with Gasteiger partial charge in [-0.05, 0) is 30.3 Å². The molecule has 0 saturated carbocycles. The maximum Gasteiger partial charge on any atom is 0.433 e. The summed E-state index contributed by atoms with van der Waals surface area (Å²) in [6.07, 6.45) is -10.1. The number of hydrogen-bond acceptors (Lipinski definition) is 5. The molecule has 3 aromatic rings. The number of fused-ring (bicyclic) bond motifs is 1. The van der Waals surface area contributed by atoms with Crippen molar-refractivity contribution < 1.29 is 31.1 Å². The SMILES string of the molecule is FC(F)(F)c1cc(C(F)(F)F)n2nc(SCCOc3ccc(Cl)cc3)nc2n1. The number of nitrogens with zero attached hydrogens (tertiary/aromatic N) is 4. The number of halogens is 7. The Morgan fingerprint density at radius 2 is 1.68 bits per heavy atom. The molecule has 0 aliphatic carbocycles. The van der Waals surface area contributed by atoms with Gasteiger partial charge in [0.25, 0.3) is 5.78 Å². The Kier molecular flexibility index (Phi) is 5.62. The van der Waals surface area contributed by atoms with Crippen molar-refractivity contribution in [2.45, 2.75) is 17.5 Å². The average Bonchev–Trinajstić information content (AvgIpc) is 3.00. The number of aromatic nitrogens is 4. The Bertz CT molecular complexity index is 974. The molecule has 0 aliphatic heterocycles. The molecule has 28 heavy (non-hydrogen) atoms. The van der Waals surface area contributed by atoms with Crippen molar-refractivity contribution in [2.75, 3.05) is 12.4 Å². The Labute approximate surface area is 162 Å². The van der Waals surface area contributed by atoms with Gasteiger partial charge in [0.15, 0.2) is 11.4 Å². The van der Waals surface area contributed by atoms with Crippen LogP contribution in [-0.4, -0.2) is 31.9 Å². The van der Waals surface area contributed by atoms with Gasteiger partial charge >= 0.3 is 12.4 Å². The van der Waals surface area contributed by atoms with Gasteiger partial charge in [0, 0.05) is 10.8 Å². The number of ether oxygens (including phenoxy) is 1.